The van der Waals surface area contributed by atoms with Crippen molar-refractivity contribution in [3.63, 3.8) is 0 Å². The predicted molar refractivity (Wildman–Crippen MR) is 152 cm³/mol. The zero-order chi connectivity index (χ0) is 25.7. The molecule has 5 nitrogen and oxygen atoms in total. The van der Waals surface area contributed by atoms with E-state index in [9.17, 15) is 4.79 Å². The quantitative estimate of drug-likeness (QED) is 0.362. The molecule has 1 aliphatic carbocycles. The third kappa shape index (κ3) is 3.89. The third-order valence-electron chi connectivity index (χ3n) is 8.71. The Balaban J connectivity index is 1.15. The van der Waals surface area contributed by atoms with Crippen molar-refractivity contribution in [1.29, 1.82) is 0 Å². The number of carbonyl (C=O) groups is 1. The van der Waals surface area contributed by atoms with Crippen LogP contribution in [0, 0.1) is 0 Å². The van der Waals surface area contributed by atoms with Crippen molar-refractivity contribution >= 4 is 22.4 Å². The predicted octanol–water partition coefficient (Wildman–Crippen LogP) is 5.49. The second-order valence-corrected chi connectivity index (χ2v) is 10.9. The Hall–Kier alpha value is -3.67. The van der Waals surface area contributed by atoms with Gasteiger partial charge in [-0.25, -0.2) is 0 Å². The van der Waals surface area contributed by atoms with Crippen LogP contribution in [0.15, 0.2) is 78.9 Å². The molecule has 2 fully saturated rings. The molecule has 0 radical (unpaired) electrons. The molecule has 1 saturated carbocycles. The lowest BCUT2D eigenvalue weighted by molar-refractivity contribution is 0.0991. The summed E-state index contributed by atoms with van der Waals surface area (Å²) >= 11 is 0. The lowest BCUT2D eigenvalue weighted by Gasteiger charge is -2.35. The molecule has 2 heterocycles. The number of hydrogen-bond donors (Lipinski definition) is 1. The number of piperazine rings is 1. The number of nitrogens with zero attached hydrogens (tertiary/aromatic N) is 2. The van der Waals surface area contributed by atoms with Gasteiger partial charge in [-0.3, -0.25) is 9.69 Å². The zero-order valence-corrected chi connectivity index (χ0v) is 21.9. The van der Waals surface area contributed by atoms with Crippen molar-refractivity contribution in [3.8, 4) is 5.75 Å². The monoisotopic (exact) mass is 503 g/mol. The minimum absolute atomic E-state index is 0.0746. The largest absolute Gasteiger partial charge is 0.497 e. The van der Waals surface area contributed by atoms with E-state index in [0.29, 0.717) is 6.54 Å². The number of benzene rings is 4. The molecule has 4 aromatic rings. The second kappa shape index (κ2) is 9.26. The highest BCUT2D eigenvalue weighted by molar-refractivity contribution is 6.25. The Kier molecular flexibility index (Phi) is 5.71. The van der Waals surface area contributed by atoms with Crippen molar-refractivity contribution in [2.75, 3.05) is 38.2 Å². The van der Waals surface area contributed by atoms with E-state index in [1.807, 2.05) is 41.3 Å². The summed E-state index contributed by atoms with van der Waals surface area (Å²) in [6, 6.07) is 27.8. The molecule has 3 aliphatic rings. The fourth-order valence-electron chi connectivity index (χ4n) is 6.48. The molecule has 0 aromatic heterocycles. The van der Waals surface area contributed by atoms with Gasteiger partial charge in [-0.05, 0) is 71.2 Å². The minimum Gasteiger partial charge on any atom is -0.497 e. The van der Waals surface area contributed by atoms with E-state index in [-0.39, 0.29) is 11.4 Å². The maximum atomic E-state index is 13.4. The SMILES string of the molecule is COc1ccc(CN2C(=O)c3cccc4c(Cc5ccc(C6(N7CCNCC7)CC6)cc5)ccc2c34)cc1. The topological polar surface area (TPSA) is 44.8 Å². The number of carbonyl (C=O) groups excluding carboxylic acids is 1. The standard InChI is InChI=1S/C33H33N3O2/c1-38-27-12-7-24(8-13-27)22-36-30-14-9-25(28-3-2-4-29(31(28)30)32(36)37)21-23-5-10-26(11-6-23)33(15-16-33)35-19-17-34-18-20-35/h2-14,34H,15-22H2,1H3. The van der Waals surface area contributed by atoms with E-state index in [2.05, 4.69) is 52.7 Å². The molecular formula is C33H33N3O2. The van der Waals surface area contributed by atoms with Crippen LogP contribution in [0.1, 0.15) is 45.5 Å². The summed E-state index contributed by atoms with van der Waals surface area (Å²) in [5.41, 5.74) is 7.18. The number of hydrogen-bond acceptors (Lipinski definition) is 4. The Morgan fingerprint density at radius 1 is 0.868 bits per heavy atom. The number of amides is 1. The lowest BCUT2D eigenvalue weighted by Crippen LogP contribution is -2.48. The minimum atomic E-state index is 0.0746. The Morgan fingerprint density at radius 3 is 2.32 bits per heavy atom. The highest BCUT2D eigenvalue weighted by Crippen LogP contribution is 2.51. The van der Waals surface area contributed by atoms with Gasteiger partial charge in [0.1, 0.15) is 5.75 Å². The van der Waals surface area contributed by atoms with Gasteiger partial charge >= 0.3 is 0 Å². The summed E-state index contributed by atoms with van der Waals surface area (Å²) in [5.74, 6) is 0.895. The molecule has 38 heavy (non-hydrogen) atoms. The molecule has 4 aromatic carbocycles. The number of anilines is 1. The van der Waals surface area contributed by atoms with E-state index >= 15 is 0 Å². The molecule has 5 heteroatoms. The fraction of sp³-hybridized carbons (Fsp3) is 0.303. The Morgan fingerprint density at radius 2 is 1.61 bits per heavy atom. The average Bonchev–Trinajstić information content (AvgIpc) is 3.74. The Labute approximate surface area is 224 Å². The van der Waals surface area contributed by atoms with Crippen molar-refractivity contribution in [2.24, 2.45) is 0 Å². The number of methoxy groups -OCH3 is 1. The second-order valence-electron chi connectivity index (χ2n) is 10.9. The van der Waals surface area contributed by atoms with Crippen LogP contribution in [0.4, 0.5) is 5.69 Å². The summed E-state index contributed by atoms with van der Waals surface area (Å²) in [4.78, 5) is 18.0. The maximum absolute atomic E-state index is 13.4. The van der Waals surface area contributed by atoms with Crippen LogP contribution in [0.2, 0.25) is 0 Å². The Bertz CT molecular complexity index is 1500. The van der Waals surface area contributed by atoms with Crippen LogP contribution < -0.4 is 15.0 Å². The van der Waals surface area contributed by atoms with Crippen LogP contribution in [0.25, 0.3) is 10.8 Å². The van der Waals surface area contributed by atoms with Gasteiger partial charge in [0.2, 0.25) is 0 Å². The van der Waals surface area contributed by atoms with E-state index in [1.54, 1.807) is 7.11 Å². The first kappa shape index (κ1) is 23.4. The molecule has 2 aliphatic heterocycles. The summed E-state index contributed by atoms with van der Waals surface area (Å²) in [6.07, 6.45) is 3.39. The molecule has 1 N–H and O–H groups in total. The molecule has 192 valence electrons. The van der Waals surface area contributed by atoms with Crippen LogP contribution in [0.3, 0.4) is 0 Å². The first-order valence-electron chi connectivity index (χ1n) is 13.7. The highest BCUT2D eigenvalue weighted by Gasteiger charge is 2.49. The van der Waals surface area contributed by atoms with Crippen LogP contribution in [0.5, 0.6) is 5.75 Å². The smallest absolute Gasteiger partial charge is 0.259 e. The van der Waals surface area contributed by atoms with Gasteiger partial charge in [0, 0.05) is 42.7 Å². The normalized spacial score (nSPS) is 18.2. The number of rotatable bonds is 7. The third-order valence-corrected chi connectivity index (χ3v) is 8.71. The lowest BCUT2D eigenvalue weighted by atomic mass is 9.94. The van der Waals surface area contributed by atoms with Crippen LogP contribution in [-0.4, -0.2) is 44.1 Å². The summed E-state index contributed by atoms with van der Waals surface area (Å²) in [6.45, 7) is 4.99. The molecular weight excluding hydrogens is 470 g/mol. The van der Waals surface area contributed by atoms with Crippen molar-refractivity contribution in [3.05, 3.63) is 107 Å². The first-order chi connectivity index (χ1) is 18.7. The van der Waals surface area contributed by atoms with Gasteiger partial charge in [0.05, 0.1) is 19.3 Å². The van der Waals surface area contributed by atoms with Crippen molar-refractivity contribution in [2.45, 2.75) is 31.3 Å². The van der Waals surface area contributed by atoms with E-state index < -0.39 is 0 Å². The first-order valence-corrected chi connectivity index (χ1v) is 13.7. The zero-order valence-electron chi connectivity index (χ0n) is 21.9. The van der Waals surface area contributed by atoms with E-state index in [1.165, 1.54) is 34.9 Å². The molecule has 0 spiro atoms. The molecule has 1 amide bonds. The molecule has 0 bridgehead atoms. The van der Waals surface area contributed by atoms with Crippen LogP contribution >= 0.6 is 0 Å². The summed E-state index contributed by atoms with van der Waals surface area (Å²) in [5, 5.41) is 5.74. The van der Waals surface area contributed by atoms with Gasteiger partial charge in [-0.15, -0.1) is 0 Å². The average molecular weight is 504 g/mol. The van der Waals surface area contributed by atoms with Crippen LogP contribution in [-0.2, 0) is 18.5 Å². The van der Waals surface area contributed by atoms with Gasteiger partial charge in [0.15, 0.2) is 0 Å². The van der Waals surface area contributed by atoms with Gasteiger partial charge in [0.25, 0.3) is 5.91 Å². The van der Waals surface area contributed by atoms with E-state index in [0.717, 1.165) is 60.5 Å². The molecule has 7 rings (SSSR count). The summed E-state index contributed by atoms with van der Waals surface area (Å²) in [7, 11) is 1.67. The fourth-order valence-corrected chi connectivity index (χ4v) is 6.48. The van der Waals surface area contributed by atoms with Crippen molar-refractivity contribution in [1.82, 2.24) is 10.2 Å². The molecule has 1 saturated heterocycles. The molecule has 0 atom stereocenters. The van der Waals surface area contributed by atoms with Gasteiger partial charge < -0.3 is 15.0 Å². The van der Waals surface area contributed by atoms with Crippen molar-refractivity contribution < 1.29 is 9.53 Å². The maximum Gasteiger partial charge on any atom is 0.259 e. The number of nitrogens with one attached hydrogen (secondary N) is 1. The number of ether oxygens (including phenoxy) is 1. The van der Waals surface area contributed by atoms with E-state index in [4.69, 9.17) is 4.74 Å². The highest BCUT2D eigenvalue weighted by atomic mass is 16.5. The molecule has 0 unspecified atom stereocenters. The summed E-state index contributed by atoms with van der Waals surface area (Å²) < 4.78 is 5.29. The van der Waals surface area contributed by atoms with Gasteiger partial charge in [-0.1, -0.05) is 54.6 Å². The van der Waals surface area contributed by atoms with Gasteiger partial charge in [-0.2, -0.15) is 0 Å².